The van der Waals surface area contributed by atoms with Gasteiger partial charge in [-0.15, -0.1) is 0 Å². The van der Waals surface area contributed by atoms with Crippen molar-refractivity contribution in [2.45, 2.75) is 58.5 Å². The van der Waals surface area contributed by atoms with E-state index in [4.69, 9.17) is 8.94 Å². The Morgan fingerprint density at radius 3 is 2.48 bits per heavy atom. The molecule has 0 aliphatic heterocycles. The molecule has 1 atom stereocenters. The number of fused-ring (bicyclic) bond motifs is 1. The normalized spacial score (nSPS) is 13.7. The minimum atomic E-state index is -0.874. The molecule has 0 aliphatic carbocycles. The predicted octanol–water partition coefficient (Wildman–Crippen LogP) is 2.89. The third-order valence-electron chi connectivity index (χ3n) is 4.35. The SMILES string of the molecule is C[C@H](C(=O)NC(C)(C)c1noc(C(C)(C)C)n1)n1c(=O)oc2ccccc21. The van der Waals surface area contributed by atoms with Crippen molar-refractivity contribution in [3.63, 3.8) is 0 Å². The molecule has 2 aromatic heterocycles. The number of aromatic nitrogens is 3. The third-order valence-corrected chi connectivity index (χ3v) is 4.35. The van der Waals surface area contributed by atoms with Crippen molar-refractivity contribution in [3.05, 3.63) is 46.5 Å². The van der Waals surface area contributed by atoms with E-state index in [2.05, 4.69) is 15.5 Å². The molecule has 8 heteroatoms. The lowest BCUT2D eigenvalue weighted by atomic mass is 9.97. The van der Waals surface area contributed by atoms with Crippen LogP contribution in [-0.4, -0.2) is 20.6 Å². The highest BCUT2D eigenvalue weighted by Crippen LogP contribution is 2.25. The summed E-state index contributed by atoms with van der Waals surface area (Å²) in [4.78, 5) is 29.5. The lowest BCUT2D eigenvalue weighted by Crippen LogP contribution is -2.45. The van der Waals surface area contributed by atoms with Crippen LogP contribution < -0.4 is 11.1 Å². The topological polar surface area (TPSA) is 103 Å². The fourth-order valence-corrected chi connectivity index (χ4v) is 2.72. The fraction of sp³-hybridized carbons (Fsp3) is 0.474. The van der Waals surface area contributed by atoms with Crippen molar-refractivity contribution in [3.8, 4) is 0 Å². The van der Waals surface area contributed by atoms with Crippen molar-refractivity contribution in [2.24, 2.45) is 0 Å². The van der Waals surface area contributed by atoms with Crippen LogP contribution >= 0.6 is 0 Å². The third kappa shape index (κ3) is 3.51. The highest BCUT2D eigenvalue weighted by Gasteiger charge is 2.33. The Bertz CT molecular complexity index is 1040. The molecule has 1 aromatic carbocycles. The number of rotatable bonds is 4. The lowest BCUT2D eigenvalue weighted by Gasteiger charge is -2.25. The van der Waals surface area contributed by atoms with Gasteiger partial charge in [0.05, 0.1) is 11.1 Å². The molecule has 2 heterocycles. The molecule has 0 fully saturated rings. The molecule has 1 N–H and O–H groups in total. The van der Waals surface area contributed by atoms with Crippen LogP contribution in [0.15, 0.2) is 38.0 Å². The summed E-state index contributed by atoms with van der Waals surface area (Å²) in [5.74, 6) is -0.0655. The number of carbonyl (C=O) groups excluding carboxylic acids is 1. The van der Waals surface area contributed by atoms with Crippen molar-refractivity contribution < 1.29 is 13.7 Å². The smallest absolute Gasteiger partial charge is 0.408 e. The van der Waals surface area contributed by atoms with E-state index < -0.39 is 17.3 Å². The van der Waals surface area contributed by atoms with Gasteiger partial charge < -0.3 is 14.3 Å². The first-order valence-electron chi connectivity index (χ1n) is 8.77. The number of carbonyl (C=O) groups is 1. The molecule has 0 saturated carbocycles. The second-order valence-corrected chi connectivity index (χ2v) is 8.17. The zero-order valence-electron chi connectivity index (χ0n) is 16.4. The van der Waals surface area contributed by atoms with Gasteiger partial charge in [-0.05, 0) is 32.9 Å². The number of hydrogen-bond donors (Lipinski definition) is 1. The van der Waals surface area contributed by atoms with Gasteiger partial charge in [0.15, 0.2) is 11.4 Å². The summed E-state index contributed by atoms with van der Waals surface area (Å²) < 4.78 is 11.9. The maximum atomic E-state index is 12.8. The lowest BCUT2D eigenvalue weighted by molar-refractivity contribution is -0.125. The van der Waals surface area contributed by atoms with Crippen molar-refractivity contribution >= 4 is 17.0 Å². The summed E-state index contributed by atoms with van der Waals surface area (Å²) in [6.45, 7) is 11.1. The second-order valence-electron chi connectivity index (χ2n) is 8.17. The van der Waals surface area contributed by atoms with E-state index in [1.165, 1.54) is 4.57 Å². The molecule has 0 aliphatic rings. The number of hydrogen-bond acceptors (Lipinski definition) is 6. The van der Waals surface area contributed by atoms with Crippen molar-refractivity contribution in [1.29, 1.82) is 0 Å². The molecule has 0 bridgehead atoms. The van der Waals surface area contributed by atoms with Crippen LogP contribution in [0.2, 0.25) is 0 Å². The summed E-state index contributed by atoms with van der Waals surface area (Å²) >= 11 is 0. The minimum Gasteiger partial charge on any atom is -0.408 e. The van der Waals surface area contributed by atoms with Crippen LogP contribution in [0, 0.1) is 0 Å². The van der Waals surface area contributed by atoms with Crippen LogP contribution in [0.1, 0.15) is 59.3 Å². The zero-order valence-corrected chi connectivity index (χ0v) is 16.4. The number of nitrogens with zero attached hydrogens (tertiary/aromatic N) is 3. The molecule has 3 rings (SSSR count). The van der Waals surface area contributed by atoms with E-state index in [1.807, 2.05) is 20.8 Å². The number of oxazole rings is 1. The van der Waals surface area contributed by atoms with Gasteiger partial charge in [0.1, 0.15) is 6.04 Å². The molecular formula is C19H24N4O4. The average Bonchev–Trinajstić information content (AvgIpc) is 3.18. The van der Waals surface area contributed by atoms with Crippen LogP contribution in [-0.2, 0) is 15.7 Å². The van der Waals surface area contributed by atoms with Crippen LogP contribution in [0.5, 0.6) is 0 Å². The Hall–Kier alpha value is -2.90. The molecular weight excluding hydrogens is 348 g/mol. The number of nitrogens with one attached hydrogen (secondary N) is 1. The first kappa shape index (κ1) is 18.9. The first-order valence-corrected chi connectivity index (χ1v) is 8.77. The molecule has 27 heavy (non-hydrogen) atoms. The standard InChI is InChI=1S/C19H24N4O4/c1-11(23-12-9-7-8-10-13(12)26-17(23)25)14(24)21-19(5,6)15-20-16(27-22-15)18(2,3)4/h7-11H,1-6H3,(H,21,24)/t11-/m1/s1. The maximum absolute atomic E-state index is 12.8. The number of amides is 1. The van der Waals surface area contributed by atoms with Gasteiger partial charge in [0.2, 0.25) is 11.8 Å². The predicted molar refractivity (Wildman–Crippen MR) is 99.4 cm³/mol. The Morgan fingerprint density at radius 1 is 1.19 bits per heavy atom. The number of benzene rings is 1. The van der Waals surface area contributed by atoms with Gasteiger partial charge in [-0.1, -0.05) is 38.1 Å². The van der Waals surface area contributed by atoms with Gasteiger partial charge in [0, 0.05) is 5.41 Å². The molecule has 0 unspecified atom stereocenters. The van der Waals surface area contributed by atoms with Gasteiger partial charge >= 0.3 is 5.76 Å². The Balaban J connectivity index is 1.86. The molecule has 0 radical (unpaired) electrons. The van der Waals surface area contributed by atoms with Crippen molar-refractivity contribution in [1.82, 2.24) is 20.0 Å². The fourth-order valence-electron chi connectivity index (χ4n) is 2.72. The average molecular weight is 372 g/mol. The van der Waals surface area contributed by atoms with Crippen molar-refractivity contribution in [2.75, 3.05) is 0 Å². The summed E-state index contributed by atoms with van der Waals surface area (Å²) in [5.41, 5.74) is -0.157. The Morgan fingerprint density at radius 2 is 1.85 bits per heavy atom. The molecule has 144 valence electrons. The van der Waals surface area contributed by atoms with Gasteiger partial charge in [-0.25, -0.2) is 4.79 Å². The molecule has 1 amide bonds. The van der Waals surface area contributed by atoms with Crippen LogP contribution in [0.25, 0.3) is 11.1 Å². The quantitative estimate of drug-likeness (QED) is 0.755. The Labute approximate surface area is 156 Å². The number of para-hydroxylation sites is 2. The molecule has 0 spiro atoms. The first-order chi connectivity index (χ1) is 12.5. The largest absolute Gasteiger partial charge is 0.420 e. The second kappa shape index (κ2) is 6.37. The van der Waals surface area contributed by atoms with E-state index >= 15 is 0 Å². The monoisotopic (exact) mass is 372 g/mol. The summed E-state index contributed by atoms with van der Waals surface area (Å²) in [7, 11) is 0. The highest BCUT2D eigenvalue weighted by molar-refractivity contribution is 5.83. The molecule has 8 nitrogen and oxygen atoms in total. The zero-order chi connectivity index (χ0) is 20.0. The summed E-state index contributed by atoms with van der Waals surface area (Å²) in [6, 6.07) is 6.22. The Kier molecular flexibility index (Phi) is 4.45. The maximum Gasteiger partial charge on any atom is 0.420 e. The van der Waals surface area contributed by atoms with E-state index in [1.54, 1.807) is 45.0 Å². The van der Waals surface area contributed by atoms with E-state index in [0.717, 1.165) is 0 Å². The van der Waals surface area contributed by atoms with E-state index in [9.17, 15) is 9.59 Å². The molecule has 3 aromatic rings. The summed E-state index contributed by atoms with van der Waals surface area (Å²) in [5, 5.41) is 6.90. The highest BCUT2D eigenvalue weighted by atomic mass is 16.5. The van der Waals surface area contributed by atoms with E-state index in [-0.39, 0.29) is 11.3 Å². The van der Waals surface area contributed by atoms with Crippen LogP contribution in [0.3, 0.4) is 0 Å². The van der Waals surface area contributed by atoms with Gasteiger partial charge in [-0.3, -0.25) is 9.36 Å². The van der Waals surface area contributed by atoms with Gasteiger partial charge in [0.25, 0.3) is 0 Å². The van der Waals surface area contributed by atoms with Gasteiger partial charge in [-0.2, -0.15) is 4.98 Å². The van der Waals surface area contributed by atoms with Crippen LogP contribution in [0.4, 0.5) is 0 Å². The van der Waals surface area contributed by atoms with E-state index in [0.29, 0.717) is 22.8 Å². The summed E-state index contributed by atoms with van der Waals surface area (Å²) in [6.07, 6.45) is 0. The minimum absolute atomic E-state index is 0.290. The molecule has 0 saturated heterocycles.